The molecule has 1 aromatic rings. The zero-order valence-electron chi connectivity index (χ0n) is 10.8. The van der Waals surface area contributed by atoms with E-state index in [-0.39, 0.29) is 0 Å². The van der Waals surface area contributed by atoms with E-state index in [9.17, 15) is 0 Å². The van der Waals surface area contributed by atoms with Crippen LogP contribution in [0.1, 0.15) is 45.0 Å². The predicted molar refractivity (Wildman–Crippen MR) is 71.4 cm³/mol. The van der Waals surface area contributed by atoms with Crippen molar-refractivity contribution in [3.8, 4) is 0 Å². The number of thioether (sulfide) groups is 1. The first kappa shape index (κ1) is 13.3. The highest BCUT2D eigenvalue weighted by Gasteiger charge is 2.12. The standard InChI is InChI=1S/C12H21N3S/c1-6-13-11-9(5)12(16-7-2)15-10(14-11)8(3)4/h8H,6-7H2,1-5H3,(H,13,14,15). The molecule has 0 saturated heterocycles. The number of nitrogens with one attached hydrogen (secondary N) is 1. The Balaban J connectivity index is 3.16. The van der Waals surface area contributed by atoms with Crippen LogP contribution >= 0.6 is 11.8 Å². The van der Waals surface area contributed by atoms with Gasteiger partial charge in [-0.05, 0) is 19.6 Å². The van der Waals surface area contributed by atoms with E-state index in [0.29, 0.717) is 5.92 Å². The van der Waals surface area contributed by atoms with Crippen LogP contribution in [0.3, 0.4) is 0 Å². The van der Waals surface area contributed by atoms with Gasteiger partial charge >= 0.3 is 0 Å². The van der Waals surface area contributed by atoms with E-state index in [1.807, 2.05) is 0 Å². The summed E-state index contributed by atoms with van der Waals surface area (Å²) < 4.78 is 0. The molecule has 0 unspecified atom stereocenters. The fourth-order valence-electron chi connectivity index (χ4n) is 1.39. The first-order valence-electron chi connectivity index (χ1n) is 5.85. The molecule has 1 rings (SSSR count). The van der Waals surface area contributed by atoms with Gasteiger partial charge in [0.2, 0.25) is 0 Å². The van der Waals surface area contributed by atoms with Gasteiger partial charge < -0.3 is 5.32 Å². The van der Waals surface area contributed by atoms with Gasteiger partial charge in [0, 0.05) is 18.0 Å². The van der Waals surface area contributed by atoms with Crippen molar-refractivity contribution in [2.24, 2.45) is 0 Å². The molecule has 0 spiro atoms. The normalized spacial score (nSPS) is 10.9. The largest absolute Gasteiger partial charge is 0.370 e. The zero-order chi connectivity index (χ0) is 12.1. The maximum atomic E-state index is 4.62. The van der Waals surface area contributed by atoms with Gasteiger partial charge in [-0.1, -0.05) is 20.8 Å². The molecule has 16 heavy (non-hydrogen) atoms. The summed E-state index contributed by atoms with van der Waals surface area (Å²) in [6, 6.07) is 0. The highest BCUT2D eigenvalue weighted by Crippen LogP contribution is 2.26. The van der Waals surface area contributed by atoms with Crippen molar-refractivity contribution in [3.05, 3.63) is 11.4 Å². The van der Waals surface area contributed by atoms with Gasteiger partial charge in [-0.25, -0.2) is 9.97 Å². The Morgan fingerprint density at radius 2 is 1.94 bits per heavy atom. The summed E-state index contributed by atoms with van der Waals surface area (Å²) in [6.07, 6.45) is 0. The lowest BCUT2D eigenvalue weighted by Gasteiger charge is -2.13. The topological polar surface area (TPSA) is 37.8 Å². The summed E-state index contributed by atoms with van der Waals surface area (Å²) in [5.74, 6) is 3.32. The van der Waals surface area contributed by atoms with Crippen molar-refractivity contribution in [1.29, 1.82) is 0 Å². The molecule has 3 nitrogen and oxygen atoms in total. The molecule has 0 fully saturated rings. The fourth-order valence-corrected chi connectivity index (χ4v) is 2.13. The van der Waals surface area contributed by atoms with Crippen LogP contribution in [0.2, 0.25) is 0 Å². The lowest BCUT2D eigenvalue weighted by atomic mass is 10.2. The molecule has 1 aromatic heterocycles. The maximum Gasteiger partial charge on any atom is 0.134 e. The smallest absolute Gasteiger partial charge is 0.134 e. The molecule has 0 bridgehead atoms. The van der Waals surface area contributed by atoms with Crippen LogP contribution in [0, 0.1) is 6.92 Å². The minimum absolute atomic E-state index is 0.370. The highest BCUT2D eigenvalue weighted by molar-refractivity contribution is 7.99. The summed E-state index contributed by atoms with van der Waals surface area (Å²) in [5.41, 5.74) is 1.16. The van der Waals surface area contributed by atoms with Crippen molar-refractivity contribution < 1.29 is 0 Å². The molecule has 0 aliphatic carbocycles. The van der Waals surface area contributed by atoms with E-state index in [4.69, 9.17) is 0 Å². The third-order valence-corrected chi connectivity index (χ3v) is 3.22. The van der Waals surface area contributed by atoms with Gasteiger partial charge in [0.25, 0.3) is 0 Å². The Morgan fingerprint density at radius 1 is 1.25 bits per heavy atom. The van der Waals surface area contributed by atoms with Crippen molar-refractivity contribution in [3.63, 3.8) is 0 Å². The van der Waals surface area contributed by atoms with Crippen LogP contribution in [0.5, 0.6) is 0 Å². The molecule has 0 saturated carbocycles. The Labute approximate surface area is 102 Å². The van der Waals surface area contributed by atoms with Crippen LogP contribution in [0.15, 0.2) is 5.03 Å². The SMILES string of the molecule is CCNc1nc(C(C)C)nc(SCC)c1C. The predicted octanol–water partition coefficient (Wildman–Crippen LogP) is 3.45. The molecule has 0 aliphatic rings. The van der Waals surface area contributed by atoms with Gasteiger partial charge in [-0.2, -0.15) is 0 Å². The number of nitrogens with zero attached hydrogens (tertiary/aromatic N) is 2. The quantitative estimate of drug-likeness (QED) is 0.631. The van der Waals surface area contributed by atoms with Crippen LogP contribution in [0.4, 0.5) is 5.82 Å². The first-order chi connectivity index (χ1) is 7.60. The number of anilines is 1. The third-order valence-electron chi connectivity index (χ3n) is 2.26. The van der Waals surface area contributed by atoms with E-state index in [1.165, 1.54) is 0 Å². The summed E-state index contributed by atoms with van der Waals surface area (Å²) in [6.45, 7) is 11.5. The lowest BCUT2D eigenvalue weighted by molar-refractivity contribution is 0.748. The molecule has 0 amide bonds. The van der Waals surface area contributed by atoms with Gasteiger partial charge in [0.15, 0.2) is 0 Å². The second kappa shape index (κ2) is 6.09. The van der Waals surface area contributed by atoms with Crippen molar-refractivity contribution >= 4 is 17.6 Å². The first-order valence-corrected chi connectivity index (χ1v) is 6.83. The minimum atomic E-state index is 0.370. The fraction of sp³-hybridized carbons (Fsp3) is 0.667. The molecule has 0 aliphatic heterocycles. The lowest BCUT2D eigenvalue weighted by Crippen LogP contribution is -2.08. The average Bonchev–Trinajstić information content (AvgIpc) is 2.24. The molecule has 0 aromatic carbocycles. The highest BCUT2D eigenvalue weighted by atomic mass is 32.2. The Morgan fingerprint density at radius 3 is 2.44 bits per heavy atom. The van der Waals surface area contributed by atoms with E-state index in [1.54, 1.807) is 11.8 Å². The van der Waals surface area contributed by atoms with E-state index >= 15 is 0 Å². The van der Waals surface area contributed by atoms with Crippen LogP contribution in [0.25, 0.3) is 0 Å². The summed E-state index contributed by atoms with van der Waals surface area (Å²) in [5, 5.41) is 4.41. The van der Waals surface area contributed by atoms with Gasteiger partial charge in [0.05, 0.1) is 0 Å². The Hall–Kier alpha value is -0.770. The van der Waals surface area contributed by atoms with Crippen molar-refractivity contribution in [2.75, 3.05) is 17.6 Å². The molecule has 1 heterocycles. The molecule has 1 N–H and O–H groups in total. The number of hydrogen-bond donors (Lipinski definition) is 1. The third kappa shape index (κ3) is 3.11. The van der Waals surface area contributed by atoms with Gasteiger partial charge in [-0.3, -0.25) is 0 Å². The zero-order valence-corrected chi connectivity index (χ0v) is 11.6. The van der Waals surface area contributed by atoms with Crippen LogP contribution in [-0.2, 0) is 0 Å². The Bertz CT molecular complexity index is 323. The molecule has 0 atom stereocenters. The van der Waals surface area contributed by atoms with Crippen LogP contribution < -0.4 is 5.32 Å². The molecule has 0 radical (unpaired) electrons. The second-order valence-electron chi connectivity index (χ2n) is 3.98. The van der Waals surface area contributed by atoms with Crippen LogP contribution in [-0.4, -0.2) is 22.3 Å². The molecular formula is C12H21N3S. The van der Waals surface area contributed by atoms with E-state index in [2.05, 4.69) is 49.9 Å². The van der Waals surface area contributed by atoms with Crippen molar-refractivity contribution in [1.82, 2.24) is 9.97 Å². The van der Waals surface area contributed by atoms with E-state index in [0.717, 1.165) is 34.5 Å². The summed E-state index contributed by atoms with van der Waals surface area (Å²) in [4.78, 5) is 9.19. The van der Waals surface area contributed by atoms with Gasteiger partial charge in [-0.15, -0.1) is 11.8 Å². The average molecular weight is 239 g/mol. The van der Waals surface area contributed by atoms with E-state index < -0.39 is 0 Å². The molecular weight excluding hydrogens is 218 g/mol. The summed E-state index contributed by atoms with van der Waals surface area (Å²) >= 11 is 1.78. The van der Waals surface area contributed by atoms with Gasteiger partial charge in [0.1, 0.15) is 16.7 Å². The Kier molecular flexibility index (Phi) is 5.06. The monoisotopic (exact) mass is 239 g/mol. The number of hydrogen-bond acceptors (Lipinski definition) is 4. The number of rotatable bonds is 5. The maximum absolute atomic E-state index is 4.62. The molecule has 4 heteroatoms. The van der Waals surface area contributed by atoms with Crippen molar-refractivity contribution in [2.45, 2.75) is 45.6 Å². The minimum Gasteiger partial charge on any atom is -0.370 e. The molecule has 90 valence electrons. The summed E-state index contributed by atoms with van der Waals surface area (Å²) in [7, 11) is 0. The second-order valence-corrected chi connectivity index (χ2v) is 5.23. The number of aromatic nitrogens is 2.